The Balaban J connectivity index is 1.51. The normalized spacial score (nSPS) is 17.2. The van der Waals surface area contributed by atoms with Crippen LogP contribution in [-0.2, 0) is 11.3 Å². The molecule has 2 heterocycles. The van der Waals surface area contributed by atoms with Crippen LogP contribution in [0.25, 0.3) is 0 Å². The van der Waals surface area contributed by atoms with Gasteiger partial charge < -0.3 is 5.32 Å². The number of thiophene rings is 1. The lowest BCUT2D eigenvalue weighted by atomic mass is 10.1. The maximum absolute atomic E-state index is 12.7. The molecule has 0 saturated carbocycles. The number of aryl methyl sites for hydroxylation is 2. The zero-order valence-electron chi connectivity index (χ0n) is 15.6. The Hall–Kier alpha value is -1.40. The van der Waals surface area contributed by atoms with E-state index in [0.29, 0.717) is 0 Å². The molecule has 2 aromatic rings. The third-order valence-electron chi connectivity index (χ3n) is 4.99. The molecule has 1 amide bonds. The summed E-state index contributed by atoms with van der Waals surface area (Å²) in [6.07, 6.45) is 0. The summed E-state index contributed by atoms with van der Waals surface area (Å²) in [5.74, 6) is 0.0668. The van der Waals surface area contributed by atoms with Gasteiger partial charge in [0.2, 0.25) is 5.91 Å². The van der Waals surface area contributed by atoms with E-state index in [1.54, 1.807) is 11.3 Å². The van der Waals surface area contributed by atoms with Crippen LogP contribution in [0.3, 0.4) is 0 Å². The van der Waals surface area contributed by atoms with Gasteiger partial charge in [0, 0.05) is 43.3 Å². The number of carbonyl (C=O) groups excluding carboxylic acids is 1. The molecule has 6 heteroatoms. The lowest BCUT2D eigenvalue weighted by Crippen LogP contribution is -2.52. The van der Waals surface area contributed by atoms with Crippen molar-refractivity contribution in [2.24, 2.45) is 0 Å². The molecule has 1 aromatic carbocycles. The molecule has 4 nitrogen and oxygen atoms in total. The third kappa shape index (κ3) is 4.86. The fourth-order valence-electron chi connectivity index (χ4n) is 3.24. The van der Waals surface area contributed by atoms with Crippen LogP contribution in [-0.4, -0.2) is 47.9 Å². The molecule has 26 heavy (non-hydrogen) atoms. The summed E-state index contributed by atoms with van der Waals surface area (Å²) in [4.78, 5) is 18.7. The van der Waals surface area contributed by atoms with Crippen molar-refractivity contribution >= 4 is 34.5 Å². The van der Waals surface area contributed by atoms with Gasteiger partial charge in [-0.25, -0.2) is 0 Å². The van der Waals surface area contributed by atoms with Crippen LogP contribution in [0.1, 0.15) is 22.9 Å². The van der Waals surface area contributed by atoms with Crippen LogP contribution < -0.4 is 5.32 Å². The van der Waals surface area contributed by atoms with Gasteiger partial charge in [0.05, 0.1) is 10.4 Å². The van der Waals surface area contributed by atoms with E-state index < -0.39 is 0 Å². The zero-order chi connectivity index (χ0) is 18.7. The van der Waals surface area contributed by atoms with Gasteiger partial charge in [-0.2, -0.15) is 0 Å². The van der Waals surface area contributed by atoms with E-state index in [9.17, 15) is 4.79 Å². The molecule has 1 N–H and O–H groups in total. The number of halogens is 1. The first-order valence-corrected chi connectivity index (χ1v) is 10.2. The molecule has 3 rings (SSSR count). The van der Waals surface area contributed by atoms with E-state index in [-0.39, 0.29) is 11.9 Å². The van der Waals surface area contributed by atoms with E-state index in [4.69, 9.17) is 11.6 Å². The van der Waals surface area contributed by atoms with E-state index >= 15 is 0 Å². The quantitative estimate of drug-likeness (QED) is 0.831. The Morgan fingerprint density at radius 3 is 2.58 bits per heavy atom. The lowest BCUT2D eigenvalue weighted by molar-refractivity contribution is -0.121. The first-order chi connectivity index (χ1) is 12.4. The largest absolute Gasteiger partial charge is 0.324 e. The Labute approximate surface area is 164 Å². The molecule has 1 unspecified atom stereocenters. The molecule has 0 aliphatic carbocycles. The molecular weight excluding hydrogens is 366 g/mol. The highest BCUT2D eigenvalue weighted by molar-refractivity contribution is 7.16. The number of hydrogen-bond acceptors (Lipinski definition) is 4. The average molecular weight is 392 g/mol. The van der Waals surface area contributed by atoms with Crippen molar-refractivity contribution in [2.75, 3.05) is 31.5 Å². The summed E-state index contributed by atoms with van der Waals surface area (Å²) < 4.78 is 0.843. The summed E-state index contributed by atoms with van der Waals surface area (Å²) in [5.41, 5.74) is 3.16. The van der Waals surface area contributed by atoms with E-state index in [0.717, 1.165) is 53.9 Å². The predicted molar refractivity (Wildman–Crippen MR) is 110 cm³/mol. The lowest BCUT2D eigenvalue weighted by Gasteiger charge is -2.37. The van der Waals surface area contributed by atoms with E-state index in [1.165, 1.54) is 4.88 Å². The Kier molecular flexibility index (Phi) is 6.35. The highest BCUT2D eigenvalue weighted by atomic mass is 35.5. The van der Waals surface area contributed by atoms with Crippen LogP contribution in [0.5, 0.6) is 0 Å². The third-order valence-corrected chi connectivity index (χ3v) is 6.21. The van der Waals surface area contributed by atoms with Gasteiger partial charge in [0.25, 0.3) is 0 Å². The summed E-state index contributed by atoms with van der Waals surface area (Å²) in [6, 6.07) is 10.1. The van der Waals surface area contributed by atoms with Crippen LogP contribution in [0.4, 0.5) is 5.69 Å². The summed E-state index contributed by atoms with van der Waals surface area (Å²) in [7, 11) is 0. The van der Waals surface area contributed by atoms with E-state index in [2.05, 4.69) is 27.2 Å². The second-order valence-electron chi connectivity index (χ2n) is 7.00. The van der Waals surface area contributed by atoms with Gasteiger partial charge in [-0.15, -0.1) is 11.3 Å². The van der Waals surface area contributed by atoms with Gasteiger partial charge in [-0.1, -0.05) is 23.7 Å². The number of nitrogens with one attached hydrogen (secondary N) is 1. The fourth-order valence-corrected chi connectivity index (χ4v) is 4.37. The molecule has 0 bridgehead atoms. The van der Waals surface area contributed by atoms with Crippen molar-refractivity contribution in [3.8, 4) is 0 Å². The monoisotopic (exact) mass is 391 g/mol. The van der Waals surface area contributed by atoms with Gasteiger partial charge in [-0.3, -0.25) is 14.6 Å². The molecule has 0 spiro atoms. The number of hydrogen-bond donors (Lipinski definition) is 1. The minimum absolute atomic E-state index is 0.0668. The Bertz CT molecular complexity index is 768. The van der Waals surface area contributed by atoms with Crippen LogP contribution in [0, 0.1) is 13.8 Å². The van der Waals surface area contributed by atoms with Crippen LogP contribution in [0.15, 0.2) is 30.3 Å². The number of nitrogens with zero attached hydrogens (tertiary/aromatic N) is 2. The van der Waals surface area contributed by atoms with Gasteiger partial charge in [0.15, 0.2) is 0 Å². The van der Waals surface area contributed by atoms with Crippen molar-refractivity contribution in [1.29, 1.82) is 0 Å². The predicted octanol–water partition coefficient (Wildman–Crippen LogP) is 4.16. The fraction of sp³-hybridized carbons (Fsp3) is 0.450. The van der Waals surface area contributed by atoms with Gasteiger partial charge in [0.1, 0.15) is 0 Å². The molecule has 1 aliphatic heterocycles. The van der Waals surface area contributed by atoms with Crippen LogP contribution >= 0.6 is 22.9 Å². The molecule has 1 aromatic heterocycles. The summed E-state index contributed by atoms with van der Waals surface area (Å²) in [5, 5.41) is 3.09. The summed E-state index contributed by atoms with van der Waals surface area (Å²) >= 11 is 7.66. The smallest absolute Gasteiger partial charge is 0.241 e. The number of carbonyl (C=O) groups is 1. The molecule has 0 radical (unpaired) electrons. The van der Waals surface area contributed by atoms with Crippen molar-refractivity contribution in [2.45, 2.75) is 33.4 Å². The minimum Gasteiger partial charge on any atom is -0.324 e. The molecule has 140 valence electrons. The Morgan fingerprint density at radius 1 is 1.19 bits per heavy atom. The molecule has 1 atom stereocenters. The highest BCUT2D eigenvalue weighted by Crippen LogP contribution is 2.23. The maximum atomic E-state index is 12.7. The number of rotatable bonds is 5. The first kappa shape index (κ1) is 19.4. The highest BCUT2D eigenvalue weighted by Gasteiger charge is 2.26. The topological polar surface area (TPSA) is 35.6 Å². The minimum atomic E-state index is -0.131. The first-order valence-electron chi connectivity index (χ1n) is 9.01. The second-order valence-corrected chi connectivity index (χ2v) is 8.80. The van der Waals surface area contributed by atoms with Crippen molar-refractivity contribution < 1.29 is 4.79 Å². The van der Waals surface area contributed by atoms with Crippen LogP contribution in [0.2, 0.25) is 4.34 Å². The SMILES string of the molecule is Cc1ccc(C)c(NC(=O)C(C)N2CCN(Cc3ccc(Cl)s3)CC2)c1. The number of anilines is 1. The number of amides is 1. The molecule has 1 saturated heterocycles. The van der Waals surface area contributed by atoms with Crippen molar-refractivity contribution in [1.82, 2.24) is 9.80 Å². The van der Waals surface area contributed by atoms with Crippen molar-refractivity contribution in [3.63, 3.8) is 0 Å². The summed E-state index contributed by atoms with van der Waals surface area (Å²) in [6.45, 7) is 10.7. The van der Waals surface area contributed by atoms with E-state index in [1.807, 2.05) is 39.0 Å². The second kappa shape index (κ2) is 8.53. The average Bonchev–Trinajstić information content (AvgIpc) is 3.03. The van der Waals surface area contributed by atoms with Crippen molar-refractivity contribution in [3.05, 3.63) is 50.7 Å². The zero-order valence-corrected chi connectivity index (χ0v) is 17.2. The van der Waals surface area contributed by atoms with Gasteiger partial charge >= 0.3 is 0 Å². The number of piperazine rings is 1. The standard InChI is InChI=1S/C20H26ClN3OS/c1-14-4-5-15(2)18(12-14)22-20(25)16(3)24-10-8-23(9-11-24)13-17-6-7-19(21)26-17/h4-7,12,16H,8-11,13H2,1-3H3,(H,22,25). The molecular formula is C20H26ClN3OS. The number of benzene rings is 1. The maximum Gasteiger partial charge on any atom is 0.241 e. The Morgan fingerprint density at radius 2 is 1.92 bits per heavy atom. The van der Waals surface area contributed by atoms with Gasteiger partial charge in [-0.05, 0) is 50.1 Å². The molecule has 1 aliphatic rings. The molecule has 1 fully saturated rings.